The van der Waals surface area contributed by atoms with Crippen LogP contribution >= 0.6 is 34.9 Å². The van der Waals surface area contributed by atoms with Crippen LogP contribution in [0.5, 0.6) is 0 Å². The molecule has 3 aromatic heterocycles. The molecule has 0 aromatic carbocycles. The second-order valence-corrected chi connectivity index (χ2v) is 9.30. The zero-order valence-electron chi connectivity index (χ0n) is 15.2. The molecule has 1 aliphatic rings. The lowest BCUT2D eigenvalue weighted by atomic mass is 10.1. The van der Waals surface area contributed by atoms with E-state index in [9.17, 15) is 4.79 Å². The van der Waals surface area contributed by atoms with Crippen LogP contribution in [0, 0.1) is 0 Å². The number of furan rings is 1. The van der Waals surface area contributed by atoms with Crippen molar-refractivity contribution in [2.75, 3.05) is 25.6 Å². The van der Waals surface area contributed by atoms with Crippen LogP contribution in [0.15, 0.2) is 33.0 Å². The highest BCUT2D eigenvalue weighted by atomic mass is 32.2. The molecule has 0 spiro atoms. The summed E-state index contributed by atoms with van der Waals surface area (Å²) >= 11 is 4.81. The highest BCUT2D eigenvalue weighted by Gasteiger charge is 2.25. The van der Waals surface area contributed by atoms with Gasteiger partial charge in [-0.3, -0.25) is 4.79 Å². The van der Waals surface area contributed by atoms with Gasteiger partial charge in [0.1, 0.15) is 22.2 Å². The summed E-state index contributed by atoms with van der Waals surface area (Å²) in [6.07, 6.45) is 4.63. The third kappa shape index (κ3) is 4.16. The second kappa shape index (κ2) is 8.22. The summed E-state index contributed by atoms with van der Waals surface area (Å²) in [6, 6.07) is 3.67. The van der Waals surface area contributed by atoms with Crippen LogP contribution in [0.1, 0.15) is 16.2 Å². The number of amides is 1. The number of thiophene rings is 1. The van der Waals surface area contributed by atoms with Gasteiger partial charge in [-0.2, -0.15) is 0 Å². The Hall–Kier alpha value is -1.55. The van der Waals surface area contributed by atoms with E-state index in [-0.39, 0.29) is 5.91 Å². The number of aromatic nitrogens is 2. The van der Waals surface area contributed by atoms with E-state index in [1.807, 2.05) is 18.4 Å². The predicted octanol–water partition coefficient (Wildman–Crippen LogP) is 1.99. The molecule has 4 heterocycles. The van der Waals surface area contributed by atoms with E-state index in [1.54, 1.807) is 29.4 Å². The van der Waals surface area contributed by atoms with E-state index >= 15 is 0 Å². The third-order valence-electron chi connectivity index (χ3n) is 4.51. The molecule has 0 bridgehead atoms. The van der Waals surface area contributed by atoms with Crippen LogP contribution in [0.25, 0.3) is 10.2 Å². The van der Waals surface area contributed by atoms with Gasteiger partial charge in [-0.15, -0.1) is 11.3 Å². The van der Waals surface area contributed by atoms with Crippen molar-refractivity contribution < 1.29 is 14.1 Å². The Balaban J connectivity index is 1.54. The van der Waals surface area contributed by atoms with E-state index in [0.717, 1.165) is 45.7 Å². The lowest BCUT2D eigenvalue weighted by Gasteiger charge is -2.19. The standard InChI is InChI=1S/C18H20N4O2S3/c1-22-6-5-12-13(9-22)27-17-15(12)16(20-18(21-17)25-2)26-10-14(23)19-8-11-4-3-7-24-11/h3-4,7H,5-6,8-10H2,1-2H3,(H,19,23)/p+1. The molecule has 3 aromatic rings. The van der Waals surface area contributed by atoms with Gasteiger partial charge in [-0.25, -0.2) is 9.97 Å². The van der Waals surface area contributed by atoms with Gasteiger partial charge in [0.25, 0.3) is 0 Å². The monoisotopic (exact) mass is 421 g/mol. The lowest BCUT2D eigenvalue weighted by Crippen LogP contribution is -3.08. The van der Waals surface area contributed by atoms with Crippen LogP contribution in [0.4, 0.5) is 0 Å². The fourth-order valence-electron chi connectivity index (χ4n) is 3.14. The van der Waals surface area contributed by atoms with Gasteiger partial charge < -0.3 is 14.6 Å². The van der Waals surface area contributed by atoms with E-state index in [1.165, 1.54) is 27.1 Å². The largest absolute Gasteiger partial charge is 0.467 e. The summed E-state index contributed by atoms with van der Waals surface area (Å²) in [6.45, 7) is 2.57. The Labute approximate surface area is 170 Å². The number of quaternary nitrogens is 1. The molecule has 9 heteroatoms. The van der Waals surface area contributed by atoms with Crippen molar-refractivity contribution in [1.29, 1.82) is 0 Å². The van der Waals surface area contributed by atoms with Crippen LogP contribution < -0.4 is 10.2 Å². The van der Waals surface area contributed by atoms with Crippen molar-refractivity contribution in [3.63, 3.8) is 0 Å². The van der Waals surface area contributed by atoms with Gasteiger partial charge in [0.15, 0.2) is 5.16 Å². The van der Waals surface area contributed by atoms with Crippen LogP contribution in [-0.4, -0.2) is 41.5 Å². The Morgan fingerprint density at radius 3 is 3.11 bits per heavy atom. The topological polar surface area (TPSA) is 72.5 Å². The van der Waals surface area contributed by atoms with E-state index < -0.39 is 0 Å². The van der Waals surface area contributed by atoms with Crippen molar-refractivity contribution in [3.8, 4) is 0 Å². The smallest absolute Gasteiger partial charge is 0.230 e. The maximum atomic E-state index is 12.2. The first-order valence-electron chi connectivity index (χ1n) is 8.73. The first-order valence-corrected chi connectivity index (χ1v) is 11.8. The lowest BCUT2D eigenvalue weighted by molar-refractivity contribution is -0.895. The summed E-state index contributed by atoms with van der Waals surface area (Å²) in [5, 5.41) is 5.74. The molecule has 142 valence electrons. The van der Waals surface area contributed by atoms with Gasteiger partial charge in [0, 0.05) is 11.8 Å². The molecule has 0 saturated heterocycles. The van der Waals surface area contributed by atoms with Gasteiger partial charge in [-0.05, 0) is 24.0 Å². The second-order valence-electron chi connectivity index (χ2n) is 6.48. The maximum Gasteiger partial charge on any atom is 0.230 e. The number of likely N-dealkylation sites (N-methyl/N-ethyl adjacent to an activating group) is 1. The Morgan fingerprint density at radius 2 is 2.33 bits per heavy atom. The molecular formula is C18H21N4O2S3+. The van der Waals surface area contributed by atoms with E-state index in [2.05, 4.69) is 12.4 Å². The number of rotatable bonds is 6. The van der Waals surface area contributed by atoms with E-state index in [0.29, 0.717) is 12.3 Å². The van der Waals surface area contributed by atoms with Crippen molar-refractivity contribution in [2.24, 2.45) is 0 Å². The minimum absolute atomic E-state index is 0.0258. The molecule has 1 aliphatic heterocycles. The zero-order valence-corrected chi connectivity index (χ0v) is 17.7. The number of nitrogens with zero attached hydrogens (tertiary/aromatic N) is 2. The zero-order chi connectivity index (χ0) is 18.8. The number of carbonyl (C=O) groups excluding carboxylic acids is 1. The molecule has 1 unspecified atom stereocenters. The normalized spacial score (nSPS) is 16.4. The molecule has 0 aliphatic carbocycles. The van der Waals surface area contributed by atoms with Crippen LogP contribution in [0.2, 0.25) is 0 Å². The van der Waals surface area contributed by atoms with Crippen molar-refractivity contribution in [2.45, 2.75) is 29.7 Å². The number of fused-ring (bicyclic) bond motifs is 3. The Bertz CT molecular complexity index is 955. The van der Waals surface area contributed by atoms with Crippen LogP contribution in [0.3, 0.4) is 0 Å². The highest BCUT2D eigenvalue weighted by molar-refractivity contribution is 8.00. The molecule has 2 N–H and O–H groups in total. The quantitative estimate of drug-likeness (QED) is 0.360. The first kappa shape index (κ1) is 18.8. The van der Waals surface area contributed by atoms with Gasteiger partial charge in [-0.1, -0.05) is 23.5 Å². The SMILES string of the molecule is CSc1nc(SCC(=O)NCc2ccco2)c2c3c(sc2n1)C[NH+](C)CC3. The summed E-state index contributed by atoms with van der Waals surface area (Å²) < 4.78 is 5.25. The molecule has 4 rings (SSSR count). The predicted molar refractivity (Wildman–Crippen MR) is 110 cm³/mol. The molecule has 1 amide bonds. The summed E-state index contributed by atoms with van der Waals surface area (Å²) in [5.74, 6) is 1.05. The number of carbonyl (C=O) groups is 1. The molecule has 6 nitrogen and oxygen atoms in total. The third-order valence-corrected chi connectivity index (χ3v) is 7.16. The Kier molecular flexibility index (Phi) is 5.72. The van der Waals surface area contributed by atoms with Gasteiger partial charge in [0.2, 0.25) is 5.91 Å². The first-order chi connectivity index (χ1) is 13.1. The molecule has 0 fully saturated rings. The van der Waals surface area contributed by atoms with Crippen molar-refractivity contribution in [1.82, 2.24) is 15.3 Å². The van der Waals surface area contributed by atoms with Crippen molar-refractivity contribution in [3.05, 3.63) is 34.6 Å². The van der Waals surface area contributed by atoms with Gasteiger partial charge >= 0.3 is 0 Å². The summed E-state index contributed by atoms with van der Waals surface area (Å²) in [4.78, 5) is 25.7. The van der Waals surface area contributed by atoms with E-state index in [4.69, 9.17) is 14.4 Å². The molecule has 0 saturated carbocycles. The Morgan fingerprint density at radius 1 is 1.44 bits per heavy atom. The number of thioether (sulfide) groups is 2. The number of nitrogens with one attached hydrogen (secondary N) is 2. The van der Waals surface area contributed by atoms with Crippen molar-refractivity contribution >= 4 is 51.0 Å². The van der Waals surface area contributed by atoms with Gasteiger partial charge in [0.05, 0.1) is 37.0 Å². The minimum atomic E-state index is -0.0258. The van der Waals surface area contributed by atoms with Crippen LogP contribution in [-0.2, 0) is 24.3 Å². The summed E-state index contributed by atoms with van der Waals surface area (Å²) in [7, 11) is 2.23. The maximum absolute atomic E-state index is 12.2. The molecule has 27 heavy (non-hydrogen) atoms. The number of hydrogen-bond acceptors (Lipinski definition) is 7. The molecular weight excluding hydrogens is 400 g/mol. The average Bonchev–Trinajstić information content (AvgIpc) is 3.30. The average molecular weight is 422 g/mol. The fourth-order valence-corrected chi connectivity index (χ4v) is 5.90. The molecule has 1 atom stereocenters. The fraction of sp³-hybridized carbons (Fsp3) is 0.389. The molecule has 0 radical (unpaired) electrons. The minimum Gasteiger partial charge on any atom is -0.467 e. The highest BCUT2D eigenvalue weighted by Crippen LogP contribution is 2.37. The summed E-state index contributed by atoms with van der Waals surface area (Å²) in [5.41, 5.74) is 1.38. The number of hydrogen-bond donors (Lipinski definition) is 2.